The second kappa shape index (κ2) is 7.48. The third-order valence-corrected chi connectivity index (χ3v) is 4.28. The van der Waals surface area contributed by atoms with Crippen LogP contribution in [0.5, 0.6) is 11.5 Å². The van der Waals surface area contributed by atoms with Crippen LogP contribution in [0, 0.1) is 6.92 Å². The van der Waals surface area contributed by atoms with Gasteiger partial charge in [-0.3, -0.25) is 0 Å². The molecule has 0 aliphatic rings. The molecule has 0 aliphatic heterocycles. The first-order chi connectivity index (χ1) is 10.2. The van der Waals surface area contributed by atoms with E-state index in [1.54, 1.807) is 11.3 Å². The van der Waals surface area contributed by atoms with E-state index < -0.39 is 0 Å². The molecule has 0 saturated carbocycles. The zero-order valence-electron chi connectivity index (χ0n) is 13.1. The van der Waals surface area contributed by atoms with Crippen molar-refractivity contribution in [1.29, 1.82) is 0 Å². The molecule has 0 fully saturated rings. The Balaban J connectivity index is 2.38. The van der Waals surface area contributed by atoms with Gasteiger partial charge in [0.1, 0.15) is 0 Å². The summed E-state index contributed by atoms with van der Waals surface area (Å²) in [6, 6.07) is 6.35. The fraction of sp³-hybridized carbons (Fsp3) is 0.412. The fourth-order valence-corrected chi connectivity index (χ4v) is 3.29. The smallest absolute Gasteiger partial charge is 0.161 e. The fourth-order valence-electron chi connectivity index (χ4n) is 2.42. The highest BCUT2D eigenvalue weighted by Crippen LogP contribution is 2.34. The van der Waals surface area contributed by atoms with E-state index in [1.807, 2.05) is 27.0 Å². The van der Waals surface area contributed by atoms with Crippen LogP contribution in [0.1, 0.15) is 36.6 Å². The van der Waals surface area contributed by atoms with Crippen LogP contribution < -0.4 is 14.8 Å². The Morgan fingerprint density at radius 1 is 1.10 bits per heavy atom. The van der Waals surface area contributed by atoms with Crippen molar-refractivity contribution in [1.82, 2.24) is 5.32 Å². The van der Waals surface area contributed by atoms with E-state index in [4.69, 9.17) is 9.47 Å². The van der Waals surface area contributed by atoms with Crippen molar-refractivity contribution in [3.63, 3.8) is 0 Å². The maximum Gasteiger partial charge on any atom is 0.161 e. The molecular formula is C17H23NO2S. The summed E-state index contributed by atoms with van der Waals surface area (Å²) in [4.78, 5) is 0. The second-order valence-electron chi connectivity index (χ2n) is 4.80. The molecular weight excluding hydrogens is 282 g/mol. The Kier molecular flexibility index (Phi) is 5.65. The largest absolute Gasteiger partial charge is 0.490 e. The lowest BCUT2D eigenvalue weighted by molar-refractivity contribution is 0.287. The topological polar surface area (TPSA) is 30.5 Å². The lowest BCUT2D eigenvalue weighted by Crippen LogP contribution is -2.18. The van der Waals surface area contributed by atoms with Crippen LogP contribution in [0.15, 0.2) is 29.0 Å². The van der Waals surface area contributed by atoms with E-state index in [9.17, 15) is 0 Å². The Hall–Kier alpha value is -1.52. The summed E-state index contributed by atoms with van der Waals surface area (Å²) >= 11 is 1.73. The Morgan fingerprint density at radius 2 is 1.81 bits per heavy atom. The number of aryl methyl sites for hydroxylation is 1. The van der Waals surface area contributed by atoms with Gasteiger partial charge >= 0.3 is 0 Å². The van der Waals surface area contributed by atoms with Gasteiger partial charge in [0.05, 0.1) is 19.3 Å². The number of rotatable bonds is 7. The van der Waals surface area contributed by atoms with Crippen molar-refractivity contribution >= 4 is 11.3 Å². The molecule has 0 saturated heterocycles. The second-order valence-corrected chi connectivity index (χ2v) is 5.55. The molecule has 1 N–H and O–H groups in total. The minimum atomic E-state index is 0.172. The van der Waals surface area contributed by atoms with Gasteiger partial charge < -0.3 is 14.8 Å². The summed E-state index contributed by atoms with van der Waals surface area (Å²) in [5, 5.41) is 7.77. The van der Waals surface area contributed by atoms with Gasteiger partial charge in [-0.25, -0.2) is 0 Å². The van der Waals surface area contributed by atoms with E-state index in [2.05, 4.69) is 35.1 Å². The van der Waals surface area contributed by atoms with Crippen molar-refractivity contribution in [2.45, 2.75) is 26.8 Å². The Bertz CT molecular complexity index is 580. The number of hydrogen-bond acceptors (Lipinski definition) is 4. The summed E-state index contributed by atoms with van der Waals surface area (Å²) < 4.78 is 11.4. The molecule has 3 nitrogen and oxygen atoms in total. The number of thiophene rings is 1. The van der Waals surface area contributed by atoms with E-state index in [0.29, 0.717) is 13.2 Å². The van der Waals surface area contributed by atoms with Gasteiger partial charge in [0.15, 0.2) is 11.5 Å². The van der Waals surface area contributed by atoms with Gasteiger partial charge in [0, 0.05) is 0 Å². The summed E-state index contributed by atoms with van der Waals surface area (Å²) in [7, 11) is 1.98. The maximum atomic E-state index is 5.72. The van der Waals surface area contributed by atoms with Crippen molar-refractivity contribution in [2.75, 3.05) is 20.3 Å². The normalized spacial score (nSPS) is 12.2. The molecule has 21 heavy (non-hydrogen) atoms. The standard InChI is InChI=1S/C17H23NO2S/c1-5-19-15-8-7-13(9-16(15)20-6-2)17(18-4)14-11-21-10-12(14)3/h7-11,17-18H,5-6H2,1-4H3. The van der Waals surface area contributed by atoms with Gasteiger partial charge in [0.2, 0.25) is 0 Å². The molecule has 0 radical (unpaired) electrons. The molecule has 0 bridgehead atoms. The van der Waals surface area contributed by atoms with Gasteiger partial charge in [-0.1, -0.05) is 6.07 Å². The van der Waals surface area contributed by atoms with Crippen LogP contribution in [-0.2, 0) is 0 Å². The highest BCUT2D eigenvalue weighted by Gasteiger charge is 2.17. The number of ether oxygens (including phenoxy) is 2. The van der Waals surface area contributed by atoms with Crippen molar-refractivity contribution in [2.24, 2.45) is 0 Å². The molecule has 2 aromatic rings. The highest BCUT2D eigenvalue weighted by molar-refractivity contribution is 7.08. The zero-order valence-corrected chi connectivity index (χ0v) is 13.9. The van der Waals surface area contributed by atoms with Crippen LogP contribution in [0.3, 0.4) is 0 Å². The molecule has 1 aromatic heterocycles. The summed E-state index contributed by atoms with van der Waals surface area (Å²) in [5.41, 5.74) is 3.81. The van der Waals surface area contributed by atoms with Gasteiger partial charge in [-0.05, 0) is 67.4 Å². The van der Waals surface area contributed by atoms with Crippen LogP contribution in [0.25, 0.3) is 0 Å². The lowest BCUT2D eigenvalue weighted by atomic mass is 9.98. The summed E-state index contributed by atoms with van der Waals surface area (Å²) in [6.07, 6.45) is 0. The van der Waals surface area contributed by atoms with E-state index >= 15 is 0 Å². The summed E-state index contributed by atoms with van der Waals surface area (Å²) in [5.74, 6) is 1.62. The van der Waals surface area contributed by atoms with E-state index in [-0.39, 0.29) is 6.04 Å². The molecule has 1 heterocycles. The molecule has 1 atom stereocenters. The maximum absolute atomic E-state index is 5.72. The van der Waals surface area contributed by atoms with Gasteiger partial charge in [0.25, 0.3) is 0 Å². The average Bonchev–Trinajstić information content (AvgIpc) is 2.89. The van der Waals surface area contributed by atoms with Crippen LogP contribution in [0.2, 0.25) is 0 Å². The third-order valence-electron chi connectivity index (χ3n) is 3.40. The quantitative estimate of drug-likeness (QED) is 0.833. The van der Waals surface area contributed by atoms with Crippen LogP contribution in [-0.4, -0.2) is 20.3 Å². The molecule has 0 amide bonds. The Labute approximate surface area is 130 Å². The minimum absolute atomic E-state index is 0.172. The first kappa shape index (κ1) is 15.9. The number of benzene rings is 1. The molecule has 0 spiro atoms. The average molecular weight is 305 g/mol. The van der Waals surface area contributed by atoms with Gasteiger partial charge in [-0.15, -0.1) is 0 Å². The first-order valence-corrected chi connectivity index (χ1v) is 8.25. The summed E-state index contributed by atoms with van der Waals surface area (Å²) in [6.45, 7) is 7.38. The molecule has 1 aromatic carbocycles. The molecule has 2 rings (SSSR count). The number of nitrogens with one attached hydrogen (secondary N) is 1. The van der Waals surface area contributed by atoms with Crippen molar-refractivity contribution in [3.8, 4) is 11.5 Å². The zero-order chi connectivity index (χ0) is 15.2. The molecule has 114 valence electrons. The SMILES string of the molecule is CCOc1ccc(C(NC)c2cscc2C)cc1OCC. The third kappa shape index (κ3) is 3.57. The predicted molar refractivity (Wildman–Crippen MR) is 88.7 cm³/mol. The van der Waals surface area contributed by atoms with Crippen molar-refractivity contribution < 1.29 is 9.47 Å². The van der Waals surface area contributed by atoms with E-state index in [1.165, 1.54) is 16.7 Å². The lowest BCUT2D eigenvalue weighted by Gasteiger charge is -2.19. The highest BCUT2D eigenvalue weighted by atomic mass is 32.1. The van der Waals surface area contributed by atoms with Gasteiger partial charge in [-0.2, -0.15) is 11.3 Å². The number of hydrogen-bond donors (Lipinski definition) is 1. The Morgan fingerprint density at radius 3 is 2.38 bits per heavy atom. The molecule has 1 unspecified atom stereocenters. The minimum Gasteiger partial charge on any atom is -0.490 e. The van der Waals surface area contributed by atoms with Crippen LogP contribution >= 0.6 is 11.3 Å². The molecule has 0 aliphatic carbocycles. The van der Waals surface area contributed by atoms with Crippen molar-refractivity contribution in [3.05, 3.63) is 45.6 Å². The van der Waals surface area contributed by atoms with Crippen LogP contribution in [0.4, 0.5) is 0 Å². The van der Waals surface area contributed by atoms with E-state index in [0.717, 1.165) is 11.5 Å². The monoisotopic (exact) mass is 305 g/mol. The predicted octanol–water partition coefficient (Wildman–Crippen LogP) is 4.16. The molecule has 4 heteroatoms. The first-order valence-electron chi connectivity index (χ1n) is 7.30.